The molecule has 0 radical (unpaired) electrons. The highest BCUT2D eigenvalue weighted by Crippen LogP contribution is 2.46. The van der Waals surface area contributed by atoms with Crippen LogP contribution in [-0.2, 0) is 23.9 Å². The number of carbonyl (C=O) groups excluding carboxylic acids is 3. The second kappa shape index (κ2) is 9.15. The number of methoxy groups -OCH3 is 1. The number of nitrogens with zero attached hydrogens (tertiary/aromatic N) is 4. The lowest BCUT2D eigenvalue weighted by Gasteiger charge is -2.31. The van der Waals surface area contributed by atoms with Crippen molar-refractivity contribution in [2.75, 3.05) is 13.7 Å². The number of carbonyl (C=O) groups is 3. The molecule has 0 unspecified atom stereocenters. The fraction of sp³-hybridized carbons (Fsp3) is 0.500. The summed E-state index contributed by atoms with van der Waals surface area (Å²) in [6.45, 7) is 4.36. The third-order valence-corrected chi connectivity index (χ3v) is 5.36. The van der Waals surface area contributed by atoms with E-state index in [1.807, 2.05) is 0 Å². The SMILES string of the molecule is COC(=O)[C@@H]1S[C@@H](C(=O)OC(C)(C)C)N(C(=O)CN=[N+]=[N-])[C@H]1c1ccccc1F. The minimum atomic E-state index is -1.25. The van der Waals surface area contributed by atoms with Gasteiger partial charge in [0.25, 0.3) is 0 Å². The van der Waals surface area contributed by atoms with Crippen LogP contribution in [0.4, 0.5) is 4.39 Å². The topological polar surface area (TPSA) is 122 Å². The molecular weight excluding hydrogens is 403 g/mol. The lowest BCUT2D eigenvalue weighted by atomic mass is 10.0. The first-order chi connectivity index (χ1) is 13.6. The molecule has 1 heterocycles. The van der Waals surface area contributed by atoms with Crippen molar-refractivity contribution in [1.29, 1.82) is 0 Å². The van der Waals surface area contributed by atoms with E-state index in [4.69, 9.17) is 15.0 Å². The summed E-state index contributed by atoms with van der Waals surface area (Å²) in [4.78, 5) is 41.6. The van der Waals surface area contributed by atoms with Crippen molar-refractivity contribution in [2.24, 2.45) is 5.11 Å². The molecule has 1 aromatic rings. The van der Waals surface area contributed by atoms with Crippen LogP contribution in [0.5, 0.6) is 0 Å². The number of hydrogen-bond acceptors (Lipinski definition) is 7. The van der Waals surface area contributed by atoms with Crippen LogP contribution >= 0.6 is 11.8 Å². The van der Waals surface area contributed by atoms with E-state index in [1.54, 1.807) is 26.8 Å². The molecule has 0 N–H and O–H groups in total. The van der Waals surface area contributed by atoms with Crippen molar-refractivity contribution in [3.63, 3.8) is 0 Å². The van der Waals surface area contributed by atoms with Gasteiger partial charge < -0.3 is 14.4 Å². The molecular formula is C18H21FN4O5S. The number of halogens is 1. The van der Waals surface area contributed by atoms with Gasteiger partial charge in [-0.3, -0.25) is 9.59 Å². The lowest BCUT2D eigenvalue weighted by Crippen LogP contribution is -2.45. The minimum absolute atomic E-state index is 0.0377. The number of benzene rings is 1. The first-order valence-electron chi connectivity index (χ1n) is 8.63. The van der Waals surface area contributed by atoms with Crippen LogP contribution in [0.3, 0.4) is 0 Å². The Bertz CT molecular complexity index is 853. The van der Waals surface area contributed by atoms with E-state index in [-0.39, 0.29) is 5.56 Å². The van der Waals surface area contributed by atoms with E-state index in [2.05, 4.69) is 10.0 Å². The zero-order valence-electron chi connectivity index (χ0n) is 16.4. The smallest absolute Gasteiger partial charge is 0.340 e. The zero-order valence-corrected chi connectivity index (χ0v) is 17.2. The maximum absolute atomic E-state index is 14.6. The molecule has 1 aromatic carbocycles. The van der Waals surface area contributed by atoms with Crippen molar-refractivity contribution in [3.05, 3.63) is 46.1 Å². The van der Waals surface area contributed by atoms with Gasteiger partial charge in [-0.25, -0.2) is 9.18 Å². The summed E-state index contributed by atoms with van der Waals surface area (Å²) in [5.74, 6) is -2.90. The van der Waals surface area contributed by atoms with Gasteiger partial charge in [-0.2, -0.15) is 0 Å². The molecule has 9 nitrogen and oxygen atoms in total. The number of rotatable bonds is 5. The fourth-order valence-corrected chi connectivity index (χ4v) is 4.33. The highest BCUT2D eigenvalue weighted by molar-refractivity contribution is 8.02. The van der Waals surface area contributed by atoms with E-state index in [0.717, 1.165) is 23.8 Å². The Labute approximate surface area is 171 Å². The summed E-state index contributed by atoms with van der Waals surface area (Å²) >= 11 is 0.828. The summed E-state index contributed by atoms with van der Waals surface area (Å²) in [6, 6.07) is 4.47. The van der Waals surface area contributed by atoms with Crippen LogP contribution < -0.4 is 0 Å². The molecule has 0 bridgehead atoms. The Morgan fingerprint density at radius 1 is 1.28 bits per heavy atom. The first-order valence-corrected chi connectivity index (χ1v) is 9.57. The van der Waals surface area contributed by atoms with Gasteiger partial charge in [0.1, 0.15) is 23.2 Å². The Morgan fingerprint density at radius 3 is 2.48 bits per heavy atom. The van der Waals surface area contributed by atoms with E-state index in [1.165, 1.54) is 18.2 Å². The third kappa shape index (κ3) is 5.18. The van der Waals surface area contributed by atoms with Gasteiger partial charge in [0.15, 0.2) is 5.37 Å². The molecule has 0 aromatic heterocycles. The first kappa shape index (κ1) is 22.5. The third-order valence-electron chi connectivity index (χ3n) is 3.94. The van der Waals surface area contributed by atoms with Crippen molar-refractivity contribution >= 4 is 29.6 Å². The van der Waals surface area contributed by atoms with Gasteiger partial charge in [-0.05, 0) is 32.4 Å². The summed E-state index contributed by atoms with van der Waals surface area (Å²) in [5, 5.41) is 0.918. The zero-order chi connectivity index (χ0) is 21.8. The molecule has 1 aliphatic rings. The largest absolute Gasteiger partial charge is 0.468 e. The molecule has 0 spiro atoms. The number of thioether (sulfide) groups is 1. The van der Waals surface area contributed by atoms with Crippen LogP contribution in [0.25, 0.3) is 10.4 Å². The maximum atomic E-state index is 14.6. The average molecular weight is 424 g/mol. The number of hydrogen-bond donors (Lipinski definition) is 0. The number of amides is 1. The van der Waals surface area contributed by atoms with Gasteiger partial charge >= 0.3 is 11.9 Å². The normalized spacial score (nSPS) is 21.3. The van der Waals surface area contributed by atoms with Crippen molar-refractivity contribution in [3.8, 4) is 0 Å². The quantitative estimate of drug-likeness (QED) is 0.310. The second-order valence-electron chi connectivity index (χ2n) is 7.12. The highest BCUT2D eigenvalue weighted by Gasteiger charge is 2.53. The van der Waals surface area contributed by atoms with E-state index in [0.29, 0.717) is 0 Å². The van der Waals surface area contributed by atoms with E-state index < -0.39 is 52.5 Å². The van der Waals surface area contributed by atoms with E-state index in [9.17, 15) is 18.8 Å². The van der Waals surface area contributed by atoms with Gasteiger partial charge in [0.05, 0.1) is 13.2 Å². The molecule has 0 saturated carbocycles. The Balaban J connectivity index is 2.57. The number of azide groups is 1. The summed E-state index contributed by atoms with van der Waals surface area (Å²) in [5.41, 5.74) is 7.73. The maximum Gasteiger partial charge on any atom is 0.340 e. The molecule has 1 aliphatic heterocycles. The molecule has 3 atom stereocenters. The molecule has 1 amide bonds. The van der Waals surface area contributed by atoms with Crippen molar-refractivity contribution in [1.82, 2.24) is 4.90 Å². The van der Waals surface area contributed by atoms with Crippen LogP contribution in [0, 0.1) is 5.82 Å². The lowest BCUT2D eigenvalue weighted by molar-refractivity contribution is -0.161. The van der Waals surface area contributed by atoms with Gasteiger partial charge in [0, 0.05) is 10.5 Å². The van der Waals surface area contributed by atoms with Crippen LogP contribution in [0.1, 0.15) is 32.4 Å². The van der Waals surface area contributed by atoms with Crippen molar-refractivity contribution < 1.29 is 28.2 Å². The van der Waals surface area contributed by atoms with Crippen molar-refractivity contribution in [2.45, 2.75) is 43.0 Å². The minimum Gasteiger partial charge on any atom is -0.468 e. The number of esters is 2. The molecule has 0 aliphatic carbocycles. The number of ether oxygens (including phenoxy) is 2. The summed E-state index contributed by atoms with van der Waals surface area (Å²) in [7, 11) is 1.16. The molecule has 156 valence electrons. The summed E-state index contributed by atoms with van der Waals surface area (Å²) in [6.07, 6.45) is 0. The van der Waals surface area contributed by atoms with Crippen LogP contribution in [-0.4, -0.2) is 52.6 Å². The van der Waals surface area contributed by atoms with E-state index >= 15 is 0 Å². The highest BCUT2D eigenvalue weighted by atomic mass is 32.2. The molecule has 1 saturated heterocycles. The summed E-state index contributed by atoms with van der Waals surface area (Å²) < 4.78 is 24.8. The molecule has 2 rings (SSSR count). The Hall–Kier alpha value is -2.78. The fourth-order valence-electron chi connectivity index (χ4n) is 2.88. The molecule has 11 heteroatoms. The second-order valence-corrected chi connectivity index (χ2v) is 8.35. The van der Waals surface area contributed by atoms with Crippen LogP contribution in [0.15, 0.2) is 29.4 Å². The predicted molar refractivity (Wildman–Crippen MR) is 103 cm³/mol. The van der Waals surface area contributed by atoms with Gasteiger partial charge in [-0.15, -0.1) is 11.8 Å². The Morgan fingerprint density at radius 2 is 1.93 bits per heavy atom. The van der Waals surface area contributed by atoms with Crippen LogP contribution in [0.2, 0.25) is 0 Å². The Kier molecular flexibility index (Phi) is 7.10. The van der Waals surface area contributed by atoms with Gasteiger partial charge in [0.2, 0.25) is 5.91 Å². The molecule has 1 fully saturated rings. The monoisotopic (exact) mass is 424 g/mol. The molecule has 29 heavy (non-hydrogen) atoms. The standard InChI is InChI=1S/C18H21FN4O5S/c1-18(2,3)28-17(26)15-23(12(24)9-21-22-20)13(14(29-15)16(25)27-4)10-7-5-6-8-11(10)19/h5-8,13-15H,9H2,1-4H3/t13-,14+,15-/m0/s1. The average Bonchev–Trinajstić information content (AvgIpc) is 3.05. The van der Waals surface area contributed by atoms with Gasteiger partial charge in [-0.1, -0.05) is 23.3 Å². The predicted octanol–water partition coefficient (Wildman–Crippen LogP) is 2.96.